The summed E-state index contributed by atoms with van der Waals surface area (Å²) in [7, 11) is 0. The van der Waals surface area contributed by atoms with Gasteiger partial charge in [-0.3, -0.25) is 9.78 Å². The van der Waals surface area contributed by atoms with Crippen molar-refractivity contribution >= 4 is 5.78 Å². The van der Waals surface area contributed by atoms with Gasteiger partial charge in [-0.2, -0.15) is 0 Å². The molecule has 0 atom stereocenters. The Morgan fingerprint density at radius 2 is 2.23 bits per heavy atom. The quantitative estimate of drug-likeness (QED) is 0.662. The largest absolute Gasteiger partial charge is 0.293 e. The molecule has 0 unspecified atom stereocenters. The van der Waals surface area contributed by atoms with Crippen LogP contribution in [0.3, 0.4) is 0 Å². The molecular weight excluding hydrogens is 162 g/mol. The van der Waals surface area contributed by atoms with E-state index in [0.29, 0.717) is 5.69 Å². The molecule has 0 spiro atoms. The van der Waals surface area contributed by atoms with E-state index in [1.54, 1.807) is 12.3 Å². The smallest absolute Gasteiger partial charge is 0.178 e. The molecule has 0 aliphatic heterocycles. The summed E-state index contributed by atoms with van der Waals surface area (Å²) in [6.45, 7) is 3.70. The first-order valence-electron chi connectivity index (χ1n) is 4.70. The highest BCUT2D eigenvalue weighted by atomic mass is 16.1. The van der Waals surface area contributed by atoms with Crippen LogP contribution in [0, 0.1) is 0 Å². The van der Waals surface area contributed by atoms with E-state index < -0.39 is 0 Å². The fraction of sp³-hybridized carbons (Fsp3) is 0.455. The molecule has 2 nitrogen and oxygen atoms in total. The minimum atomic E-state index is 0.0297. The SMILES string of the molecule is CCCCc1ccc(C(C)=O)nc1. The van der Waals surface area contributed by atoms with E-state index in [9.17, 15) is 4.79 Å². The zero-order chi connectivity index (χ0) is 9.68. The molecule has 1 aromatic heterocycles. The van der Waals surface area contributed by atoms with Gasteiger partial charge < -0.3 is 0 Å². The van der Waals surface area contributed by atoms with Crippen LogP contribution in [0.15, 0.2) is 18.3 Å². The first kappa shape index (κ1) is 9.90. The van der Waals surface area contributed by atoms with Crippen LogP contribution in [0.25, 0.3) is 0 Å². The summed E-state index contributed by atoms with van der Waals surface area (Å²) in [5.74, 6) is 0.0297. The number of rotatable bonds is 4. The Kier molecular flexibility index (Phi) is 3.62. The Balaban J connectivity index is 2.64. The molecule has 0 saturated carbocycles. The Labute approximate surface area is 79.0 Å². The van der Waals surface area contributed by atoms with Crippen LogP contribution in [-0.4, -0.2) is 10.8 Å². The standard InChI is InChI=1S/C11H15NO/c1-3-4-5-10-6-7-11(9(2)13)12-8-10/h6-8H,3-5H2,1-2H3. The van der Waals surface area contributed by atoms with Gasteiger partial charge in [-0.1, -0.05) is 19.4 Å². The number of aromatic nitrogens is 1. The fourth-order valence-electron chi connectivity index (χ4n) is 1.16. The number of ketones is 1. The molecule has 13 heavy (non-hydrogen) atoms. The number of Topliss-reactive ketones (excluding diaryl/α,β-unsaturated/α-hetero) is 1. The van der Waals surface area contributed by atoms with Crippen molar-refractivity contribution < 1.29 is 4.79 Å². The van der Waals surface area contributed by atoms with Crippen LogP contribution in [0.2, 0.25) is 0 Å². The average molecular weight is 177 g/mol. The zero-order valence-corrected chi connectivity index (χ0v) is 8.21. The third-order valence-electron chi connectivity index (χ3n) is 2.00. The maximum Gasteiger partial charge on any atom is 0.178 e. The first-order chi connectivity index (χ1) is 6.24. The highest BCUT2D eigenvalue weighted by Gasteiger charge is 1.99. The summed E-state index contributed by atoms with van der Waals surface area (Å²) in [6, 6.07) is 3.78. The predicted octanol–water partition coefficient (Wildman–Crippen LogP) is 2.63. The monoisotopic (exact) mass is 177 g/mol. The lowest BCUT2D eigenvalue weighted by atomic mass is 10.1. The number of pyridine rings is 1. The van der Waals surface area contributed by atoms with E-state index in [2.05, 4.69) is 11.9 Å². The van der Waals surface area contributed by atoms with Crippen LogP contribution < -0.4 is 0 Å². The van der Waals surface area contributed by atoms with Gasteiger partial charge in [0, 0.05) is 13.1 Å². The molecule has 0 saturated heterocycles. The Morgan fingerprint density at radius 3 is 2.69 bits per heavy atom. The van der Waals surface area contributed by atoms with Crippen molar-refractivity contribution in [3.8, 4) is 0 Å². The first-order valence-corrected chi connectivity index (χ1v) is 4.70. The normalized spacial score (nSPS) is 10.0. The molecule has 1 heterocycles. The molecular formula is C11H15NO. The third-order valence-corrected chi connectivity index (χ3v) is 2.00. The number of carbonyl (C=O) groups excluding carboxylic acids is 1. The van der Waals surface area contributed by atoms with Crippen LogP contribution in [0.4, 0.5) is 0 Å². The van der Waals surface area contributed by atoms with E-state index in [4.69, 9.17) is 0 Å². The molecule has 0 fully saturated rings. The van der Waals surface area contributed by atoms with Gasteiger partial charge in [0.25, 0.3) is 0 Å². The number of hydrogen-bond acceptors (Lipinski definition) is 2. The highest BCUT2D eigenvalue weighted by molar-refractivity contribution is 5.91. The molecule has 0 aliphatic rings. The molecule has 0 amide bonds. The molecule has 70 valence electrons. The number of nitrogens with zero attached hydrogens (tertiary/aromatic N) is 1. The zero-order valence-electron chi connectivity index (χ0n) is 8.21. The van der Waals surface area contributed by atoms with Gasteiger partial charge in [-0.05, 0) is 24.5 Å². The Morgan fingerprint density at radius 1 is 1.46 bits per heavy atom. The lowest BCUT2D eigenvalue weighted by Gasteiger charge is -1.99. The van der Waals surface area contributed by atoms with E-state index >= 15 is 0 Å². The second-order valence-electron chi connectivity index (χ2n) is 3.21. The molecule has 0 aromatic carbocycles. The topological polar surface area (TPSA) is 30.0 Å². The third kappa shape index (κ3) is 2.98. The van der Waals surface area contributed by atoms with E-state index in [1.807, 2.05) is 6.07 Å². The predicted molar refractivity (Wildman–Crippen MR) is 52.9 cm³/mol. The van der Waals surface area contributed by atoms with Crippen molar-refractivity contribution in [2.24, 2.45) is 0 Å². The summed E-state index contributed by atoms with van der Waals surface area (Å²) in [6.07, 6.45) is 5.23. The minimum absolute atomic E-state index is 0.0297. The van der Waals surface area contributed by atoms with Gasteiger partial charge in [0.2, 0.25) is 0 Å². The van der Waals surface area contributed by atoms with Crippen molar-refractivity contribution in [3.05, 3.63) is 29.6 Å². The maximum absolute atomic E-state index is 10.9. The summed E-state index contributed by atoms with van der Waals surface area (Å²) in [5.41, 5.74) is 1.77. The van der Waals surface area contributed by atoms with Crippen LogP contribution in [0.5, 0.6) is 0 Å². The second kappa shape index (κ2) is 4.75. The Hall–Kier alpha value is -1.18. The average Bonchev–Trinajstić information content (AvgIpc) is 2.15. The molecule has 1 aromatic rings. The lowest BCUT2D eigenvalue weighted by molar-refractivity contribution is 0.101. The van der Waals surface area contributed by atoms with E-state index in [1.165, 1.54) is 25.3 Å². The van der Waals surface area contributed by atoms with Crippen LogP contribution in [-0.2, 0) is 6.42 Å². The van der Waals surface area contributed by atoms with Gasteiger partial charge in [0.1, 0.15) is 5.69 Å². The molecule has 0 bridgehead atoms. The van der Waals surface area contributed by atoms with Crippen molar-refractivity contribution in [3.63, 3.8) is 0 Å². The van der Waals surface area contributed by atoms with Gasteiger partial charge in [0.15, 0.2) is 5.78 Å². The van der Waals surface area contributed by atoms with Crippen molar-refractivity contribution in [2.75, 3.05) is 0 Å². The van der Waals surface area contributed by atoms with E-state index in [-0.39, 0.29) is 5.78 Å². The summed E-state index contributed by atoms with van der Waals surface area (Å²) in [5, 5.41) is 0. The van der Waals surface area contributed by atoms with Crippen LogP contribution in [0.1, 0.15) is 42.7 Å². The van der Waals surface area contributed by atoms with Gasteiger partial charge in [0.05, 0.1) is 0 Å². The highest BCUT2D eigenvalue weighted by Crippen LogP contribution is 2.05. The van der Waals surface area contributed by atoms with Gasteiger partial charge >= 0.3 is 0 Å². The Bertz CT molecular complexity index is 277. The van der Waals surface area contributed by atoms with Gasteiger partial charge in [-0.25, -0.2) is 0 Å². The molecule has 0 N–H and O–H groups in total. The number of aryl methyl sites for hydroxylation is 1. The summed E-state index contributed by atoms with van der Waals surface area (Å²) >= 11 is 0. The summed E-state index contributed by atoms with van der Waals surface area (Å²) < 4.78 is 0. The van der Waals surface area contributed by atoms with Gasteiger partial charge in [-0.15, -0.1) is 0 Å². The molecule has 1 rings (SSSR count). The minimum Gasteiger partial charge on any atom is -0.293 e. The number of carbonyl (C=O) groups is 1. The second-order valence-corrected chi connectivity index (χ2v) is 3.21. The van der Waals surface area contributed by atoms with Crippen molar-refractivity contribution in [2.45, 2.75) is 33.1 Å². The number of unbranched alkanes of at least 4 members (excludes halogenated alkanes) is 1. The molecule has 0 aliphatic carbocycles. The van der Waals surface area contributed by atoms with E-state index in [0.717, 1.165) is 6.42 Å². The lowest BCUT2D eigenvalue weighted by Crippen LogP contribution is -1.97. The maximum atomic E-state index is 10.9. The molecule has 0 radical (unpaired) electrons. The van der Waals surface area contributed by atoms with Crippen molar-refractivity contribution in [1.29, 1.82) is 0 Å². The molecule has 2 heteroatoms. The van der Waals surface area contributed by atoms with Crippen LogP contribution >= 0.6 is 0 Å². The summed E-state index contributed by atoms with van der Waals surface area (Å²) in [4.78, 5) is 15.0. The number of hydrogen-bond donors (Lipinski definition) is 0. The fourth-order valence-corrected chi connectivity index (χ4v) is 1.16. The van der Waals surface area contributed by atoms with Crippen molar-refractivity contribution in [1.82, 2.24) is 4.98 Å².